The maximum Gasteiger partial charge on any atom is 0.387 e. The number of aliphatic hydroxyl groups excluding tert-OH is 1. The molecule has 1 aromatic rings. The minimum atomic E-state index is -2.87. The first kappa shape index (κ1) is 26.8. The lowest BCUT2D eigenvalue weighted by Crippen LogP contribution is -2.38. The molecule has 1 aromatic carbocycles. The fraction of sp³-hybridized carbons (Fsp3) is 0.650. The minimum absolute atomic E-state index is 0. The van der Waals surface area contributed by atoms with Gasteiger partial charge in [0.05, 0.1) is 25.9 Å². The van der Waals surface area contributed by atoms with Gasteiger partial charge >= 0.3 is 6.61 Å². The first-order valence-electron chi connectivity index (χ1n) is 9.99. The maximum atomic E-state index is 12.2. The number of hydrogen-bond acceptors (Lipinski definition) is 5. The Morgan fingerprint density at radius 2 is 2.07 bits per heavy atom. The molecule has 0 saturated carbocycles. The lowest BCUT2D eigenvalue weighted by Gasteiger charge is -2.14. The van der Waals surface area contributed by atoms with E-state index in [1.165, 1.54) is 12.1 Å². The third kappa shape index (κ3) is 10.7. The van der Waals surface area contributed by atoms with Crippen molar-refractivity contribution >= 4 is 29.9 Å². The molecule has 1 heterocycles. The van der Waals surface area contributed by atoms with Gasteiger partial charge < -0.3 is 30.0 Å². The summed E-state index contributed by atoms with van der Waals surface area (Å²) in [6.07, 6.45) is 1.06. The van der Waals surface area contributed by atoms with Crippen LogP contribution in [0.2, 0.25) is 0 Å². The van der Waals surface area contributed by atoms with Gasteiger partial charge in [-0.2, -0.15) is 8.78 Å². The first-order valence-corrected chi connectivity index (χ1v) is 9.99. The van der Waals surface area contributed by atoms with Crippen molar-refractivity contribution < 1.29 is 28.1 Å². The van der Waals surface area contributed by atoms with Crippen molar-refractivity contribution in [2.45, 2.75) is 32.5 Å². The van der Waals surface area contributed by atoms with Crippen molar-refractivity contribution in [2.75, 3.05) is 46.1 Å². The van der Waals surface area contributed by atoms with Gasteiger partial charge in [0.15, 0.2) is 5.96 Å². The van der Waals surface area contributed by atoms with Crippen LogP contribution in [0.15, 0.2) is 29.3 Å². The van der Waals surface area contributed by atoms with Gasteiger partial charge in [0.1, 0.15) is 5.75 Å². The molecule has 0 bridgehead atoms. The van der Waals surface area contributed by atoms with Crippen molar-refractivity contribution in [1.29, 1.82) is 0 Å². The molecule has 172 valence electrons. The van der Waals surface area contributed by atoms with Crippen LogP contribution < -0.4 is 15.4 Å². The molecule has 0 amide bonds. The lowest BCUT2D eigenvalue weighted by molar-refractivity contribution is -0.0498. The van der Waals surface area contributed by atoms with Crippen molar-refractivity contribution in [3.05, 3.63) is 29.8 Å². The summed E-state index contributed by atoms with van der Waals surface area (Å²) in [4.78, 5) is 4.38. The van der Waals surface area contributed by atoms with Gasteiger partial charge in [-0.05, 0) is 37.5 Å². The van der Waals surface area contributed by atoms with E-state index >= 15 is 0 Å². The highest BCUT2D eigenvalue weighted by Gasteiger charge is 2.15. The van der Waals surface area contributed by atoms with E-state index in [0.717, 1.165) is 32.7 Å². The number of rotatable bonds is 12. The van der Waals surface area contributed by atoms with Crippen molar-refractivity contribution in [3.8, 4) is 5.75 Å². The molecule has 3 N–H and O–H groups in total. The Morgan fingerprint density at radius 3 is 2.70 bits per heavy atom. The summed E-state index contributed by atoms with van der Waals surface area (Å²) in [5, 5.41) is 16.6. The molecule has 0 aliphatic carbocycles. The summed E-state index contributed by atoms with van der Waals surface area (Å²) in [5.41, 5.74) is 0.579. The van der Waals surface area contributed by atoms with Crippen LogP contribution in [-0.2, 0) is 9.47 Å². The summed E-state index contributed by atoms with van der Waals surface area (Å²) in [6, 6.07) is 5.89. The number of nitrogens with one attached hydrogen (secondary N) is 2. The van der Waals surface area contributed by atoms with E-state index in [4.69, 9.17) is 9.47 Å². The summed E-state index contributed by atoms with van der Waals surface area (Å²) in [6.45, 7) is 3.65. The predicted molar refractivity (Wildman–Crippen MR) is 122 cm³/mol. The van der Waals surface area contributed by atoms with Gasteiger partial charge in [-0.3, -0.25) is 4.99 Å². The van der Waals surface area contributed by atoms with Crippen LogP contribution in [0.4, 0.5) is 8.78 Å². The fourth-order valence-electron chi connectivity index (χ4n) is 2.84. The number of nitrogens with zero attached hydrogens (tertiary/aromatic N) is 1. The SMILES string of the molecule is CCNC(=NCC(O)c1ccc(OC(F)F)cc1)NCCCOCC1CCOC1.I. The van der Waals surface area contributed by atoms with Crippen LogP contribution in [0.25, 0.3) is 0 Å². The molecule has 1 aliphatic heterocycles. The highest BCUT2D eigenvalue weighted by atomic mass is 127. The summed E-state index contributed by atoms with van der Waals surface area (Å²) < 4.78 is 39.7. The second-order valence-electron chi connectivity index (χ2n) is 6.77. The lowest BCUT2D eigenvalue weighted by atomic mass is 10.1. The summed E-state index contributed by atoms with van der Waals surface area (Å²) >= 11 is 0. The van der Waals surface area contributed by atoms with Gasteiger partial charge in [0.2, 0.25) is 0 Å². The van der Waals surface area contributed by atoms with Gasteiger partial charge in [-0.25, -0.2) is 0 Å². The molecule has 2 atom stereocenters. The Morgan fingerprint density at radius 1 is 1.30 bits per heavy atom. The molecule has 1 saturated heterocycles. The highest BCUT2D eigenvalue weighted by Crippen LogP contribution is 2.19. The Bertz CT molecular complexity index is 602. The number of guanidine groups is 1. The van der Waals surface area contributed by atoms with E-state index in [-0.39, 0.29) is 36.3 Å². The van der Waals surface area contributed by atoms with Gasteiger partial charge in [0.25, 0.3) is 0 Å². The average Bonchev–Trinajstić information content (AvgIpc) is 3.22. The normalized spacial score (nSPS) is 17.5. The Labute approximate surface area is 193 Å². The third-order valence-corrected chi connectivity index (χ3v) is 4.39. The number of hydrogen-bond donors (Lipinski definition) is 3. The molecule has 2 rings (SSSR count). The third-order valence-electron chi connectivity index (χ3n) is 4.39. The van der Waals surface area contributed by atoms with Crippen molar-refractivity contribution in [3.63, 3.8) is 0 Å². The molecule has 10 heteroatoms. The Hall–Kier alpha value is -1.24. The molecule has 7 nitrogen and oxygen atoms in total. The molecule has 30 heavy (non-hydrogen) atoms. The topological polar surface area (TPSA) is 84.3 Å². The van der Waals surface area contributed by atoms with Gasteiger partial charge in [-0.1, -0.05) is 12.1 Å². The fourth-order valence-corrected chi connectivity index (χ4v) is 2.84. The number of benzene rings is 1. The molecule has 0 aromatic heterocycles. The zero-order valence-electron chi connectivity index (χ0n) is 17.2. The van der Waals surface area contributed by atoms with E-state index in [2.05, 4.69) is 20.4 Å². The number of ether oxygens (including phenoxy) is 3. The average molecular weight is 543 g/mol. The quantitative estimate of drug-likeness (QED) is 0.163. The molecule has 2 unspecified atom stereocenters. The predicted octanol–water partition coefficient (Wildman–Crippen LogP) is 2.94. The smallest absolute Gasteiger partial charge is 0.387 e. The number of halogens is 3. The molecule has 1 aliphatic rings. The van der Waals surface area contributed by atoms with Crippen molar-refractivity contribution in [1.82, 2.24) is 10.6 Å². The Balaban J connectivity index is 0.00000450. The number of alkyl halides is 2. The largest absolute Gasteiger partial charge is 0.435 e. The Kier molecular flexibility index (Phi) is 13.9. The number of aliphatic imine (C=N–C) groups is 1. The highest BCUT2D eigenvalue weighted by molar-refractivity contribution is 14.0. The van der Waals surface area contributed by atoms with E-state index in [1.54, 1.807) is 12.1 Å². The van der Waals surface area contributed by atoms with E-state index < -0.39 is 12.7 Å². The summed E-state index contributed by atoms with van der Waals surface area (Å²) in [7, 11) is 0. The molecule has 0 spiro atoms. The standard InChI is InChI=1S/C20H31F2N3O4.HI/c1-2-23-20(24-9-3-10-27-13-15-8-11-28-14-15)25-12-18(26)16-4-6-17(7-5-16)29-19(21)22;/h4-7,15,18-19,26H,2-3,8-14H2,1H3,(H2,23,24,25);1H. The molecular weight excluding hydrogens is 511 g/mol. The summed E-state index contributed by atoms with van der Waals surface area (Å²) in [5.74, 6) is 1.17. The van der Waals surface area contributed by atoms with E-state index in [0.29, 0.717) is 37.1 Å². The number of aliphatic hydroxyl groups is 1. The van der Waals surface area contributed by atoms with E-state index in [1.807, 2.05) is 6.92 Å². The maximum absolute atomic E-state index is 12.2. The first-order chi connectivity index (χ1) is 14.1. The van der Waals surface area contributed by atoms with Crippen LogP contribution >= 0.6 is 24.0 Å². The zero-order chi connectivity index (χ0) is 20.9. The second kappa shape index (κ2) is 15.5. The minimum Gasteiger partial charge on any atom is -0.435 e. The monoisotopic (exact) mass is 543 g/mol. The zero-order valence-corrected chi connectivity index (χ0v) is 19.5. The van der Waals surface area contributed by atoms with Gasteiger partial charge in [0, 0.05) is 32.2 Å². The van der Waals surface area contributed by atoms with Crippen molar-refractivity contribution in [2.24, 2.45) is 10.9 Å². The van der Waals surface area contributed by atoms with Crippen LogP contribution in [0.5, 0.6) is 5.75 Å². The van der Waals surface area contributed by atoms with Crippen LogP contribution in [0.1, 0.15) is 31.4 Å². The second-order valence-corrected chi connectivity index (χ2v) is 6.77. The van der Waals surface area contributed by atoms with Crippen LogP contribution in [-0.4, -0.2) is 63.7 Å². The van der Waals surface area contributed by atoms with Crippen LogP contribution in [0.3, 0.4) is 0 Å². The molecule has 1 fully saturated rings. The van der Waals surface area contributed by atoms with Crippen LogP contribution in [0, 0.1) is 5.92 Å². The van der Waals surface area contributed by atoms with E-state index in [9.17, 15) is 13.9 Å². The molecule has 0 radical (unpaired) electrons. The molecular formula is C20H32F2IN3O4. The van der Waals surface area contributed by atoms with Gasteiger partial charge in [-0.15, -0.1) is 24.0 Å².